The van der Waals surface area contributed by atoms with Crippen LogP contribution in [0.15, 0.2) is 40.8 Å². The second-order valence-electron chi connectivity index (χ2n) is 4.98. The standard InChI is InChI=1S/C17H13N3O4S/c18-8-3-9-19-15(21)10-23-17(22)13-7-6-12(24-13)16-20-11-4-1-2-5-14(11)25-16/h1-2,4-7H,3,9-10H2,(H,19,21). The number of fused-ring (bicyclic) bond motifs is 1. The second kappa shape index (κ2) is 7.59. The highest BCUT2D eigenvalue weighted by Gasteiger charge is 2.17. The Morgan fingerprint density at radius 1 is 1.28 bits per heavy atom. The minimum absolute atomic E-state index is 0.000851. The summed E-state index contributed by atoms with van der Waals surface area (Å²) in [5.74, 6) is -0.741. The van der Waals surface area contributed by atoms with E-state index in [2.05, 4.69) is 10.3 Å². The predicted molar refractivity (Wildman–Crippen MR) is 90.8 cm³/mol. The number of benzene rings is 1. The van der Waals surface area contributed by atoms with Gasteiger partial charge in [-0.1, -0.05) is 12.1 Å². The normalized spacial score (nSPS) is 10.4. The number of carbonyl (C=O) groups is 2. The lowest BCUT2D eigenvalue weighted by atomic mass is 10.3. The van der Waals surface area contributed by atoms with Gasteiger partial charge in [0.1, 0.15) is 0 Å². The number of para-hydroxylation sites is 1. The SMILES string of the molecule is N#CCCNC(=O)COC(=O)c1ccc(-c2nc3ccccc3s2)o1. The zero-order chi connectivity index (χ0) is 17.6. The van der Waals surface area contributed by atoms with Gasteiger partial charge in [0.2, 0.25) is 5.76 Å². The van der Waals surface area contributed by atoms with Gasteiger partial charge in [-0.15, -0.1) is 11.3 Å². The number of nitrogens with one attached hydrogen (secondary N) is 1. The summed E-state index contributed by atoms with van der Waals surface area (Å²) in [4.78, 5) is 27.8. The third kappa shape index (κ3) is 4.02. The summed E-state index contributed by atoms with van der Waals surface area (Å²) in [6, 6.07) is 12.7. The lowest BCUT2D eigenvalue weighted by molar-refractivity contribution is -0.124. The van der Waals surface area contributed by atoms with E-state index in [1.807, 2.05) is 30.3 Å². The average molecular weight is 355 g/mol. The molecule has 2 aromatic heterocycles. The largest absolute Gasteiger partial charge is 0.450 e. The van der Waals surface area contributed by atoms with Crippen LogP contribution < -0.4 is 5.32 Å². The van der Waals surface area contributed by atoms with Crippen LogP contribution in [-0.2, 0) is 9.53 Å². The van der Waals surface area contributed by atoms with Crippen molar-refractivity contribution < 1.29 is 18.7 Å². The Balaban J connectivity index is 1.62. The number of hydrogen-bond acceptors (Lipinski definition) is 7. The summed E-state index contributed by atoms with van der Waals surface area (Å²) in [7, 11) is 0. The topological polar surface area (TPSA) is 105 Å². The maximum atomic E-state index is 11.9. The lowest BCUT2D eigenvalue weighted by Gasteiger charge is -2.03. The number of thiazole rings is 1. The van der Waals surface area contributed by atoms with Crippen molar-refractivity contribution in [1.29, 1.82) is 5.26 Å². The molecule has 0 spiro atoms. The number of aromatic nitrogens is 1. The van der Waals surface area contributed by atoms with Gasteiger partial charge in [0, 0.05) is 6.54 Å². The molecule has 126 valence electrons. The molecule has 3 aromatic rings. The summed E-state index contributed by atoms with van der Waals surface area (Å²) in [6.45, 7) is -0.211. The molecule has 0 radical (unpaired) electrons. The second-order valence-corrected chi connectivity index (χ2v) is 6.02. The Kier molecular flexibility index (Phi) is 5.06. The van der Waals surface area contributed by atoms with E-state index in [0.29, 0.717) is 10.8 Å². The molecule has 0 unspecified atom stereocenters. The Morgan fingerprint density at radius 2 is 2.12 bits per heavy atom. The maximum absolute atomic E-state index is 11.9. The quantitative estimate of drug-likeness (QED) is 0.538. The van der Waals surface area contributed by atoms with Crippen LogP contribution >= 0.6 is 11.3 Å². The van der Waals surface area contributed by atoms with Gasteiger partial charge >= 0.3 is 5.97 Å². The molecule has 0 saturated carbocycles. The number of hydrogen-bond donors (Lipinski definition) is 1. The van der Waals surface area contributed by atoms with E-state index < -0.39 is 18.5 Å². The van der Waals surface area contributed by atoms with Gasteiger partial charge in [-0.3, -0.25) is 4.79 Å². The highest BCUT2D eigenvalue weighted by molar-refractivity contribution is 7.21. The van der Waals surface area contributed by atoms with E-state index >= 15 is 0 Å². The van der Waals surface area contributed by atoms with Gasteiger partial charge in [-0.05, 0) is 24.3 Å². The third-order valence-electron chi connectivity index (χ3n) is 3.21. The molecule has 1 aromatic carbocycles. The van der Waals surface area contributed by atoms with Crippen LogP contribution in [0, 0.1) is 11.3 Å². The van der Waals surface area contributed by atoms with E-state index in [1.54, 1.807) is 6.07 Å². The van der Waals surface area contributed by atoms with E-state index in [1.165, 1.54) is 17.4 Å². The first-order chi connectivity index (χ1) is 12.2. The number of rotatable bonds is 6. The van der Waals surface area contributed by atoms with Gasteiger partial charge in [0.05, 0.1) is 22.7 Å². The van der Waals surface area contributed by atoms with Crippen molar-refractivity contribution in [2.45, 2.75) is 6.42 Å². The number of amides is 1. The van der Waals surface area contributed by atoms with Gasteiger partial charge in [-0.2, -0.15) is 5.26 Å². The first-order valence-electron chi connectivity index (χ1n) is 7.44. The monoisotopic (exact) mass is 355 g/mol. The Morgan fingerprint density at radius 3 is 2.92 bits per heavy atom. The van der Waals surface area contributed by atoms with E-state index in [4.69, 9.17) is 14.4 Å². The molecule has 0 bridgehead atoms. The molecule has 25 heavy (non-hydrogen) atoms. The Hall–Kier alpha value is -3.18. The minimum Gasteiger partial charge on any atom is -0.450 e. The molecule has 0 atom stereocenters. The Labute approximate surface area is 146 Å². The molecule has 0 aliphatic rings. The summed E-state index contributed by atoms with van der Waals surface area (Å²) in [6.07, 6.45) is 0.198. The Bertz CT molecular complexity index is 921. The van der Waals surface area contributed by atoms with Crippen LogP contribution in [0.1, 0.15) is 17.0 Å². The molecule has 2 heterocycles. The van der Waals surface area contributed by atoms with Gasteiger partial charge < -0.3 is 14.5 Å². The van der Waals surface area contributed by atoms with E-state index in [0.717, 1.165) is 10.2 Å². The third-order valence-corrected chi connectivity index (χ3v) is 4.26. The van der Waals surface area contributed by atoms with Crippen molar-refractivity contribution in [1.82, 2.24) is 10.3 Å². The van der Waals surface area contributed by atoms with E-state index in [9.17, 15) is 9.59 Å². The first-order valence-corrected chi connectivity index (χ1v) is 8.25. The number of ether oxygens (including phenoxy) is 1. The molecule has 8 heteroatoms. The smallest absolute Gasteiger partial charge is 0.374 e. The first kappa shape index (κ1) is 16.7. The number of nitriles is 1. The van der Waals surface area contributed by atoms with Crippen LogP contribution in [0.3, 0.4) is 0 Å². The molecule has 0 aliphatic carbocycles. The van der Waals surface area contributed by atoms with Crippen molar-refractivity contribution in [3.8, 4) is 16.8 Å². The van der Waals surface area contributed by atoms with Crippen LogP contribution in [0.5, 0.6) is 0 Å². The molecular formula is C17H13N3O4S. The minimum atomic E-state index is -0.734. The van der Waals surface area contributed by atoms with Crippen molar-refractivity contribution in [3.63, 3.8) is 0 Å². The van der Waals surface area contributed by atoms with Gasteiger partial charge in [-0.25, -0.2) is 9.78 Å². The molecule has 7 nitrogen and oxygen atoms in total. The zero-order valence-electron chi connectivity index (χ0n) is 13.0. The van der Waals surface area contributed by atoms with Crippen molar-refractivity contribution in [2.24, 2.45) is 0 Å². The van der Waals surface area contributed by atoms with Crippen molar-refractivity contribution in [2.75, 3.05) is 13.2 Å². The number of carbonyl (C=O) groups excluding carboxylic acids is 2. The summed E-state index contributed by atoms with van der Waals surface area (Å²) >= 11 is 1.46. The maximum Gasteiger partial charge on any atom is 0.374 e. The molecular weight excluding hydrogens is 342 g/mol. The molecule has 3 rings (SSSR count). The summed E-state index contributed by atoms with van der Waals surface area (Å²) in [5, 5.41) is 11.5. The predicted octanol–water partition coefficient (Wildman–Crippen LogP) is 2.74. The number of furan rings is 1. The molecule has 0 fully saturated rings. The van der Waals surface area contributed by atoms with E-state index in [-0.39, 0.29) is 18.7 Å². The van der Waals surface area contributed by atoms with Gasteiger partial charge in [0.15, 0.2) is 17.4 Å². The zero-order valence-corrected chi connectivity index (χ0v) is 13.8. The number of esters is 1. The molecule has 1 amide bonds. The number of nitrogens with zero attached hydrogens (tertiary/aromatic N) is 2. The molecule has 1 N–H and O–H groups in total. The average Bonchev–Trinajstić information content (AvgIpc) is 3.26. The fourth-order valence-electron chi connectivity index (χ4n) is 2.05. The molecule has 0 aliphatic heterocycles. The van der Waals surface area contributed by atoms with Gasteiger partial charge in [0.25, 0.3) is 5.91 Å². The van der Waals surface area contributed by atoms with Crippen LogP contribution in [0.25, 0.3) is 21.0 Å². The van der Waals surface area contributed by atoms with Crippen LogP contribution in [0.2, 0.25) is 0 Å². The fraction of sp³-hybridized carbons (Fsp3) is 0.176. The summed E-state index contributed by atoms with van der Waals surface area (Å²) in [5.41, 5.74) is 0.858. The van der Waals surface area contributed by atoms with Crippen molar-refractivity contribution >= 4 is 33.4 Å². The molecule has 0 saturated heterocycles. The summed E-state index contributed by atoms with van der Waals surface area (Å²) < 4.78 is 11.4. The highest BCUT2D eigenvalue weighted by atomic mass is 32.1. The van der Waals surface area contributed by atoms with Crippen LogP contribution in [0.4, 0.5) is 0 Å². The van der Waals surface area contributed by atoms with Crippen LogP contribution in [-0.4, -0.2) is 30.0 Å². The lowest BCUT2D eigenvalue weighted by Crippen LogP contribution is -2.29. The highest BCUT2D eigenvalue weighted by Crippen LogP contribution is 2.31. The van der Waals surface area contributed by atoms with Crippen molar-refractivity contribution in [3.05, 3.63) is 42.2 Å². The fourth-order valence-corrected chi connectivity index (χ4v) is 2.98.